The van der Waals surface area contributed by atoms with Crippen molar-refractivity contribution in [2.45, 2.75) is 25.1 Å². The summed E-state index contributed by atoms with van der Waals surface area (Å²) >= 11 is 0. The van der Waals surface area contributed by atoms with Crippen LogP contribution in [-0.4, -0.2) is 28.7 Å². The maximum Gasteiger partial charge on any atom is 0.258 e. The maximum atomic E-state index is 12.0. The molecule has 0 saturated carbocycles. The van der Waals surface area contributed by atoms with E-state index >= 15 is 0 Å². The van der Waals surface area contributed by atoms with Crippen LogP contribution in [0.15, 0.2) is 29.6 Å². The van der Waals surface area contributed by atoms with Gasteiger partial charge in [-0.15, -0.1) is 0 Å². The Morgan fingerprint density at radius 1 is 1.37 bits per heavy atom. The number of aliphatic hydroxyl groups excluding tert-OH is 1. The molecule has 0 aliphatic heterocycles. The molecule has 2 heterocycles. The van der Waals surface area contributed by atoms with Gasteiger partial charge in [0.1, 0.15) is 0 Å². The SMILES string of the molecule is Cc1ccc(CNS(=O)(=O)c2[nH]ncc2CO)cn1. The first-order valence-corrected chi connectivity index (χ1v) is 7.05. The van der Waals surface area contributed by atoms with Gasteiger partial charge in [-0.2, -0.15) is 5.10 Å². The Bertz CT molecular complexity index is 649. The van der Waals surface area contributed by atoms with Gasteiger partial charge in [0.2, 0.25) is 0 Å². The number of sulfonamides is 1. The van der Waals surface area contributed by atoms with Crippen LogP contribution in [0.3, 0.4) is 0 Å². The number of hydrogen-bond donors (Lipinski definition) is 3. The first-order valence-electron chi connectivity index (χ1n) is 5.57. The van der Waals surface area contributed by atoms with E-state index in [1.807, 2.05) is 6.92 Å². The number of rotatable bonds is 5. The van der Waals surface area contributed by atoms with Crippen molar-refractivity contribution >= 4 is 10.0 Å². The molecule has 0 saturated heterocycles. The first kappa shape index (κ1) is 13.7. The molecular weight excluding hydrogens is 268 g/mol. The molecule has 0 radical (unpaired) electrons. The molecule has 3 N–H and O–H groups in total. The summed E-state index contributed by atoms with van der Waals surface area (Å²) in [5.74, 6) is 0. The van der Waals surface area contributed by atoms with Crippen molar-refractivity contribution in [1.29, 1.82) is 0 Å². The Morgan fingerprint density at radius 2 is 2.16 bits per heavy atom. The lowest BCUT2D eigenvalue weighted by atomic mass is 10.2. The third kappa shape index (κ3) is 3.16. The fourth-order valence-electron chi connectivity index (χ4n) is 1.50. The van der Waals surface area contributed by atoms with Crippen LogP contribution in [0.5, 0.6) is 0 Å². The predicted molar refractivity (Wildman–Crippen MR) is 67.5 cm³/mol. The summed E-state index contributed by atoms with van der Waals surface area (Å²) in [6.07, 6.45) is 2.89. The molecule has 0 amide bonds. The maximum absolute atomic E-state index is 12.0. The van der Waals surface area contributed by atoms with Crippen molar-refractivity contribution in [1.82, 2.24) is 19.9 Å². The summed E-state index contributed by atoms with van der Waals surface area (Å²) in [6.45, 7) is 1.59. The normalized spacial score (nSPS) is 11.7. The topological polar surface area (TPSA) is 108 Å². The monoisotopic (exact) mass is 282 g/mol. The van der Waals surface area contributed by atoms with Crippen molar-refractivity contribution in [2.75, 3.05) is 0 Å². The molecule has 2 rings (SSSR count). The molecule has 102 valence electrons. The van der Waals surface area contributed by atoms with Crippen molar-refractivity contribution in [2.24, 2.45) is 0 Å². The van der Waals surface area contributed by atoms with Crippen LogP contribution < -0.4 is 4.72 Å². The van der Waals surface area contributed by atoms with Crippen molar-refractivity contribution in [3.63, 3.8) is 0 Å². The van der Waals surface area contributed by atoms with E-state index in [0.29, 0.717) is 0 Å². The van der Waals surface area contributed by atoms with E-state index in [9.17, 15) is 8.42 Å². The van der Waals surface area contributed by atoms with Crippen LogP contribution in [0.25, 0.3) is 0 Å². The molecule has 0 atom stereocenters. The van der Waals surface area contributed by atoms with E-state index in [4.69, 9.17) is 5.11 Å². The highest BCUT2D eigenvalue weighted by molar-refractivity contribution is 7.89. The van der Waals surface area contributed by atoms with E-state index in [2.05, 4.69) is 19.9 Å². The quantitative estimate of drug-likeness (QED) is 0.720. The third-order valence-electron chi connectivity index (χ3n) is 2.56. The molecule has 2 aromatic rings. The van der Waals surface area contributed by atoms with Gasteiger partial charge in [-0.05, 0) is 18.6 Å². The van der Waals surface area contributed by atoms with Crippen LogP contribution in [0.2, 0.25) is 0 Å². The van der Waals surface area contributed by atoms with Crippen LogP contribution in [-0.2, 0) is 23.2 Å². The Kier molecular flexibility index (Phi) is 3.93. The minimum Gasteiger partial charge on any atom is -0.392 e. The highest BCUT2D eigenvalue weighted by atomic mass is 32.2. The highest BCUT2D eigenvalue weighted by Gasteiger charge is 2.19. The molecule has 7 nitrogen and oxygen atoms in total. The number of aryl methyl sites for hydroxylation is 1. The Balaban J connectivity index is 2.12. The number of H-pyrrole nitrogens is 1. The molecule has 0 aliphatic carbocycles. The minimum atomic E-state index is -3.72. The van der Waals surface area contributed by atoms with Crippen LogP contribution in [0, 0.1) is 6.92 Å². The number of nitrogens with one attached hydrogen (secondary N) is 2. The lowest BCUT2D eigenvalue weighted by Gasteiger charge is -2.06. The van der Waals surface area contributed by atoms with E-state index in [1.54, 1.807) is 18.3 Å². The van der Waals surface area contributed by atoms with Gasteiger partial charge in [0.05, 0.1) is 12.8 Å². The number of aromatic amines is 1. The molecule has 2 aromatic heterocycles. The number of nitrogens with zero attached hydrogens (tertiary/aromatic N) is 2. The number of hydrogen-bond acceptors (Lipinski definition) is 5. The molecule has 0 spiro atoms. The fraction of sp³-hybridized carbons (Fsp3) is 0.273. The second-order valence-electron chi connectivity index (χ2n) is 4.01. The standard InChI is InChI=1S/C11H14N4O3S/c1-8-2-3-9(4-12-8)5-14-19(17,18)11-10(7-16)6-13-15-11/h2-4,6,14,16H,5,7H2,1H3,(H,13,15). The van der Waals surface area contributed by atoms with Crippen LogP contribution in [0.1, 0.15) is 16.8 Å². The van der Waals surface area contributed by atoms with Crippen molar-refractivity contribution < 1.29 is 13.5 Å². The summed E-state index contributed by atoms with van der Waals surface area (Å²) < 4.78 is 26.4. The highest BCUT2D eigenvalue weighted by Crippen LogP contribution is 2.12. The van der Waals surface area contributed by atoms with Crippen LogP contribution >= 0.6 is 0 Å². The largest absolute Gasteiger partial charge is 0.392 e. The zero-order valence-corrected chi connectivity index (χ0v) is 11.1. The minimum absolute atomic E-state index is 0.116. The van der Waals surface area contributed by atoms with Gasteiger partial charge in [0, 0.05) is 24.0 Å². The number of aliphatic hydroxyl groups is 1. The lowest BCUT2D eigenvalue weighted by Crippen LogP contribution is -2.24. The molecule has 8 heteroatoms. The van der Waals surface area contributed by atoms with Gasteiger partial charge in [0.25, 0.3) is 10.0 Å². The van der Waals surface area contributed by atoms with Gasteiger partial charge in [0.15, 0.2) is 5.03 Å². The average molecular weight is 282 g/mol. The van der Waals surface area contributed by atoms with Crippen molar-refractivity contribution in [3.05, 3.63) is 41.3 Å². The molecule has 0 fully saturated rings. The van der Waals surface area contributed by atoms with E-state index < -0.39 is 16.6 Å². The molecular formula is C11H14N4O3S. The lowest BCUT2D eigenvalue weighted by molar-refractivity contribution is 0.278. The molecule has 19 heavy (non-hydrogen) atoms. The molecule has 0 aromatic carbocycles. The van der Waals surface area contributed by atoms with E-state index in [-0.39, 0.29) is 17.1 Å². The summed E-state index contributed by atoms with van der Waals surface area (Å²) in [5.41, 5.74) is 1.84. The average Bonchev–Trinajstić information content (AvgIpc) is 2.87. The number of pyridine rings is 1. The summed E-state index contributed by atoms with van der Waals surface area (Å²) in [4.78, 5) is 4.08. The fourth-order valence-corrected chi connectivity index (χ4v) is 2.63. The molecule has 0 aliphatic rings. The molecule has 0 unspecified atom stereocenters. The smallest absolute Gasteiger partial charge is 0.258 e. The Hall–Kier alpha value is -1.77. The van der Waals surface area contributed by atoms with Gasteiger partial charge in [-0.1, -0.05) is 6.07 Å². The Labute approximate surface area is 110 Å². The van der Waals surface area contributed by atoms with E-state index in [1.165, 1.54) is 6.20 Å². The summed E-state index contributed by atoms with van der Waals surface area (Å²) in [5, 5.41) is 14.9. The van der Waals surface area contributed by atoms with Crippen molar-refractivity contribution in [3.8, 4) is 0 Å². The molecule has 0 bridgehead atoms. The first-order chi connectivity index (χ1) is 9.03. The van der Waals surface area contributed by atoms with Gasteiger partial charge in [-0.25, -0.2) is 13.1 Å². The summed E-state index contributed by atoms with van der Waals surface area (Å²) in [6, 6.07) is 3.60. The number of aromatic nitrogens is 3. The Morgan fingerprint density at radius 3 is 2.79 bits per heavy atom. The zero-order chi connectivity index (χ0) is 13.9. The third-order valence-corrected chi connectivity index (χ3v) is 3.97. The summed E-state index contributed by atoms with van der Waals surface area (Å²) in [7, 11) is -3.72. The van der Waals surface area contributed by atoms with Gasteiger partial charge >= 0.3 is 0 Å². The van der Waals surface area contributed by atoms with Gasteiger partial charge in [-0.3, -0.25) is 10.1 Å². The zero-order valence-electron chi connectivity index (χ0n) is 10.3. The predicted octanol–water partition coefficient (Wildman–Crippen LogP) is 0.0839. The van der Waals surface area contributed by atoms with Gasteiger partial charge < -0.3 is 5.11 Å². The second kappa shape index (κ2) is 5.47. The van der Waals surface area contributed by atoms with E-state index in [0.717, 1.165) is 11.3 Å². The second-order valence-corrected chi connectivity index (χ2v) is 5.72. The van der Waals surface area contributed by atoms with Crippen LogP contribution in [0.4, 0.5) is 0 Å².